The molecule has 0 bridgehead atoms. The van der Waals surface area contributed by atoms with E-state index in [1.165, 1.54) is 385 Å². The molecule has 0 radical (unpaired) electrons. The van der Waals surface area contributed by atoms with Crippen molar-refractivity contribution in [1.82, 2.24) is 0 Å². The van der Waals surface area contributed by atoms with Crippen LogP contribution in [0.3, 0.4) is 0 Å². The number of allylic oxidation sites excluding steroid dienone is 20. The van der Waals surface area contributed by atoms with Crippen LogP contribution in [0.1, 0.15) is 385 Å². The fourth-order valence-electron chi connectivity index (χ4n) is 11.1. The molecule has 80 heavy (non-hydrogen) atoms. The molecular weight excluding hydrogens is 961 g/mol. The van der Waals surface area contributed by atoms with Gasteiger partial charge >= 0.3 is 0 Å². The summed E-state index contributed by atoms with van der Waals surface area (Å²) >= 11 is 0. The monoisotopic (exact) mass is 1100 g/mol. The Morgan fingerprint density at radius 2 is 0.113 bits per heavy atom. The Balaban J connectivity index is 2.13. The van der Waals surface area contributed by atoms with Gasteiger partial charge in [-0.3, -0.25) is 0 Å². The molecule has 0 aliphatic heterocycles. The Bertz CT molecular complexity index is 986. The predicted octanol–water partition coefficient (Wildman–Crippen LogP) is 29.0. The van der Waals surface area contributed by atoms with Crippen LogP contribution in [0.4, 0.5) is 0 Å². The van der Waals surface area contributed by atoms with Gasteiger partial charge in [-0.15, -0.1) is 0 Å². The van der Waals surface area contributed by atoms with Crippen molar-refractivity contribution in [3.05, 3.63) is 122 Å². The topological polar surface area (TPSA) is 0 Å². The van der Waals surface area contributed by atoms with Crippen LogP contribution in [0, 0.1) is 0 Å². The molecule has 1 aliphatic rings. The second-order valence-electron chi connectivity index (χ2n) is 24.6. The van der Waals surface area contributed by atoms with Crippen molar-refractivity contribution < 1.29 is 0 Å². The quantitative estimate of drug-likeness (QED) is 0.212. The van der Waals surface area contributed by atoms with E-state index in [0.717, 1.165) is 0 Å². The third kappa shape index (κ3) is 69.7. The van der Waals surface area contributed by atoms with Crippen LogP contribution in [0.5, 0.6) is 0 Å². The van der Waals surface area contributed by atoms with E-state index in [2.05, 4.69) is 122 Å². The molecule has 0 N–H and O–H groups in total. The number of hydrogen-bond acceptors (Lipinski definition) is 0. The average Bonchev–Trinajstić information content (AvgIpc) is 3.47. The molecule has 0 unspecified atom stereocenters. The minimum atomic E-state index is 1.28. The van der Waals surface area contributed by atoms with E-state index in [1.54, 1.807) is 0 Å². The lowest BCUT2D eigenvalue weighted by Gasteiger charge is -2.00. The summed E-state index contributed by atoms with van der Waals surface area (Å²) in [7, 11) is 0. The number of hydrogen-bond donors (Lipinski definition) is 0. The van der Waals surface area contributed by atoms with Crippen molar-refractivity contribution in [1.29, 1.82) is 0 Å². The van der Waals surface area contributed by atoms with Gasteiger partial charge in [0, 0.05) is 0 Å². The first-order valence-electron chi connectivity index (χ1n) is 36.5. The lowest BCUT2D eigenvalue weighted by atomic mass is 10.1. The predicted molar refractivity (Wildman–Crippen MR) is 368 cm³/mol. The third-order valence-electron chi connectivity index (χ3n) is 16.6. The molecule has 0 nitrogen and oxygen atoms in total. The summed E-state index contributed by atoms with van der Waals surface area (Å²) in [4.78, 5) is 0. The molecule has 0 heteroatoms. The van der Waals surface area contributed by atoms with E-state index < -0.39 is 0 Å². The molecule has 0 aromatic carbocycles. The highest BCUT2D eigenvalue weighted by atomic mass is 14.0. The van der Waals surface area contributed by atoms with E-state index in [9.17, 15) is 0 Å². The average molecular weight is 1100 g/mol. The molecule has 0 atom stereocenters. The van der Waals surface area contributed by atoms with E-state index in [1.807, 2.05) is 0 Å². The van der Waals surface area contributed by atoms with Gasteiger partial charge in [0.15, 0.2) is 0 Å². The zero-order valence-electron chi connectivity index (χ0n) is 54.0. The summed E-state index contributed by atoms with van der Waals surface area (Å²) < 4.78 is 0. The zero-order chi connectivity index (χ0) is 56.6. The van der Waals surface area contributed by atoms with Crippen LogP contribution in [0.2, 0.25) is 0 Å². The van der Waals surface area contributed by atoms with Gasteiger partial charge in [0.2, 0.25) is 0 Å². The summed E-state index contributed by atoms with van der Waals surface area (Å²) in [5.74, 6) is 0. The lowest BCUT2D eigenvalue weighted by Crippen LogP contribution is -1.80. The van der Waals surface area contributed by atoms with Crippen molar-refractivity contribution >= 4 is 0 Å². The van der Waals surface area contributed by atoms with Crippen LogP contribution in [-0.2, 0) is 0 Å². The maximum absolute atomic E-state index is 2.46. The SMILES string of the molecule is C1=CCCCCCC/C=C/CCCCCC/C=C/CCCCCC/C=C/CCCCCCC=CCCCCCCC=CCCCCCC/C=C/CCCCCC/C=C/CCCCCC/C=C/CCCCCCC=CCCCCCC1. The van der Waals surface area contributed by atoms with Crippen molar-refractivity contribution in [2.24, 2.45) is 0 Å². The first-order chi connectivity index (χ1) is 40.0. The van der Waals surface area contributed by atoms with Crippen molar-refractivity contribution in [3.63, 3.8) is 0 Å². The van der Waals surface area contributed by atoms with Gasteiger partial charge in [-0.05, 0) is 257 Å². The van der Waals surface area contributed by atoms with Crippen molar-refractivity contribution in [2.45, 2.75) is 385 Å². The molecule has 0 aromatic rings. The highest BCUT2D eigenvalue weighted by Gasteiger charge is 1.96. The molecule has 1 aliphatic carbocycles. The summed E-state index contributed by atoms with van der Waals surface area (Å²) in [5.41, 5.74) is 0. The van der Waals surface area contributed by atoms with Gasteiger partial charge in [0.05, 0.1) is 0 Å². The Labute approximate surface area is 504 Å². The van der Waals surface area contributed by atoms with Crippen molar-refractivity contribution in [2.75, 3.05) is 0 Å². The highest BCUT2D eigenvalue weighted by molar-refractivity contribution is 4.88. The maximum atomic E-state index is 2.46. The third-order valence-corrected chi connectivity index (χ3v) is 16.6. The van der Waals surface area contributed by atoms with E-state index >= 15 is 0 Å². The summed E-state index contributed by atoms with van der Waals surface area (Å²) in [6.45, 7) is 0. The highest BCUT2D eigenvalue weighted by Crippen LogP contribution is 2.16. The Hall–Kier alpha value is -2.60. The van der Waals surface area contributed by atoms with Crippen LogP contribution in [0.15, 0.2) is 122 Å². The van der Waals surface area contributed by atoms with Gasteiger partial charge in [0.1, 0.15) is 0 Å². The second kappa shape index (κ2) is 72.5. The largest absolute Gasteiger partial charge is 0.0885 e. The van der Waals surface area contributed by atoms with Crippen LogP contribution >= 0.6 is 0 Å². The molecule has 1 rings (SSSR count). The molecule has 460 valence electrons. The van der Waals surface area contributed by atoms with Crippen LogP contribution in [-0.4, -0.2) is 0 Å². The first kappa shape index (κ1) is 75.4. The molecule has 0 aromatic heterocycles. The van der Waals surface area contributed by atoms with Gasteiger partial charge in [-0.2, -0.15) is 0 Å². The molecule has 0 saturated carbocycles. The van der Waals surface area contributed by atoms with Crippen molar-refractivity contribution in [3.8, 4) is 0 Å². The first-order valence-corrected chi connectivity index (χ1v) is 36.5. The molecule has 0 fully saturated rings. The summed E-state index contributed by atoms with van der Waals surface area (Å²) in [6, 6.07) is 0. The number of rotatable bonds is 0. The molecule has 0 heterocycles. The molecular formula is C80H140. The maximum Gasteiger partial charge on any atom is -0.0351 e. The van der Waals surface area contributed by atoms with E-state index in [-0.39, 0.29) is 0 Å². The van der Waals surface area contributed by atoms with Gasteiger partial charge in [-0.25, -0.2) is 0 Å². The Kier molecular flexibility index (Phi) is 68.3. The fraction of sp³-hybridized carbons (Fsp3) is 0.750. The summed E-state index contributed by atoms with van der Waals surface area (Å²) in [6.07, 6.45) is 130. The zero-order valence-corrected chi connectivity index (χ0v) is 54.0. The molecule has 0 amide bonds. The lowest BCUT2D eigenvalue weighted by molar-refractivity contribution is 0.638. The minimum absolute atomic E-state index is 1.28. The second-order valence-corrected chi connectivity index (χ2v) is 24.6. The van der Waals surface area contributed by atoms with Gasteiger partial charge in [-0.1, -0.05) is 250 Å². The Morgan fingerprint density at radius 3 is 0.163 bits per heavy atom. The van der Waals surface area contributed by atoms with E-state index in [0.29, 0.717) is 0 Å². The Morgan fingerprint density at radius 1 is 0.0625 bits per heavy atom. The molecule has 0 saturated heterocycles. The summed E-state index contributed by atoms with van der Waals surface area (Å²) in [5, 5.41) is 0. The van der Waals surface area contributed by atoms with E-state index in [4.69, 9.17) is 0 Å². The normalized spacial score (nSPS) is 24.4. The van der Waals surface area contributed by atoms with Gasteiger partial charge in [0.25, 0.3) is 0 Å². The fourth-order valence-corrected chi connectivity index (χ4v) is 11.1. The standard InChI is InChI=1S/C80H140/c1-2-4-6-8-10-12-14-16-18-20-22-24-26-28-30-32-34-36-38-40-42-44-46-48-50-52-54-56-58-60-62-64-66-68-70-72-74-76-78-80-79-77-75-73-71-69-67-65-63-61-59-57-55-53-51-49-47-45-43-41-39-37-35-33-31-29-27-25-23-21-19-17-15-13-11-9-7-5-3-1/h1-2,15-18,31-34,47-50,63-66,79-80H,3-14,19-30,35-46,51-62,67-78H2/b2-1+,17-15+,18-16+,33-31?,34-32?,49-47?,50-48?,65-63+,66-64+,80-79+. The smallest absolute Gasteiger partial charge is 0.0351 e. The minimum Gasteiger partial charge on any atom is -0.0885 e. The van der Waals surface area contributed by atoms with Crippen LogP contribution in [0.25, 0.3) is 0 Å². The molecule has 0 spiro atoms. The van der Waals surface area contributed by atoms with Gasteiger partial charge < -0.3 is 0 Å². The van der Waals surface area contributed by atoms with Crippen LogP contribution < -0.4 is 0 Å².